The number of allylic oxidation sites excluding steroid dienone is 1. The van der Waals surface area contributed by atoms with Crippen LogP contribution in [-0.2, 0) is 23.9 Å². The van der Waals surface area contributed by atoms with Gasteiger partial charge in [0, 0.05) is 12.0 Å². The Bertz CT molecular complexity index is 636. The van der Waals surface area contributed by atoms with Crippen molar-refractivity contribution >= 4 is 23.4 Å². The summed E-state index contributed by atoms with van der Waals surface area (Å²) in [7, 11) is 0. The monoisotopic (exact) mass is 317 g/mol. The fourth-order valence-corrected chi connectivity index (χ4v) is 2.36. The van der Waals surface area contributed by atoms with Crippen molar-refractivity contribution in [2.75, 3.05) is 13.2 Å². The molecule has 2 rings (SSSR count). The summed E-state index contributed by atoms with van der Waals surface area (Å²) >= 11 is 0. The molecule has 0 spiro atoms. The molecule has 1 aliphatic rings. The maximum atomic E-state index is 12.2. The fraction of sp³-hybridized carbons (Fsp3) is 0.353. The summed E-state index contributed by atoms with van der Waals surface area (Å²) in [6.45, 7) is 3.94. The molecular formula is C17H19NO5. The van der Waals surface area contributed by atoms with E-state index in [9.17, 15) is 14.4 Å². The number of Topliss-reactive ketones (excluding diaryl/α,β-unsaturated/α-hetero) is 1. The van der Waals surface area contributed by atoms with Gasteiger partial charge < -0.3 is 14.8 Å². The topological polar surface area (TPSA) is 81.7 Å². The standard InChI is InChI=1S/C17H19NO5/c1-3-22-13-10-12(17(21)23-4-2)15(19)16(20)18-14(13)11-8-6-5-7-9-11/h5-9,12H,3-4,10H2,1-2H3,(H,18,20). The summed E-state index contributed by atoms with van der Waals surface area (Å²) < 4.78 is 10.5. The average molecular weight is 317 g/mol. The molecule has 0 aromatic heterocycles. The molecule has 0 saturated heterocycles. The van der Waals surface area contributed by atoms with Gasteiger partial charge in [-0.25, -0.2) is 0 Å². The molecule has 1 heterocycles. The fourth-order valence-electron chi connectivity index (χ4n) is 2.36. The number of benzene rings is 1. The first-order valence-electron chi connectivity index (χ1n) is 7.51. The van der Waals surface area contributed by atoms with E-state index in [4.69, 9.17) is 9.47 Å². The molecule has 1 unspecified atom stereocenters. The number of amides is 1. The van der Waals surface area contributed by atoms with Crippen LogP contribution >= 0.6 is 0 Å². The lowest BCUT2D eigenvalue weighted by Gasteiger charge is -2.15. The zero-order chi connectivity index (χ0) is 16.8. The van der Waals surface area contributed by atoms with E-state index < -0.39 is 23.6 Å². The van der Waals surface area contributed by atoms with Gasteiger partial charge >= 0.3 is 5.97 Å². The molecule has 0 saturated carbocycles. The van der Waals surface area contributed by atoms with E-state index >= 15 is 0 Å². The second-order valence-electron chi connectivity index (χ2n) is 4.92. The summed E-state index contributed by atoms with van der Waals surface area (Å²) in [6.07, 6.45) is -0.00548. The first-order chi connectivity index (χ1) is 11.1. The molecule has 6 nitrogen and oxygen atoms in total. The number of ether oxygens (including phenoxy) is 2. The molecule has 1 atom stereocenters. The predicted molar refractivity (Wildman–Crippen MR) is 82.9 cm³/mol. The van der Waals surface area contributed by atoms with Crippen molar-refractivity contribution in [3.63, 3.8) is 0 Å². The largest absolute Gasteiger partial charge is 0.496 e. The number of ketones is 1. The minimum absolute atomic E-state index is 0.00548. The molecule has 1 aliphatic heterocycles. The molecule has 0 fully saturated rings. The molecule has 1 aromatic rings. The highest BCUT2D eigenvalue weighted by Gasteiger charge is 2.38. The van der Waals surface area contributed by atoms with Gasteiger partial charge in [0.15, 0.2) is 0 Å². The minimum atomic E-state index is -1.18. The van der Waals surface area contributed by atoms with Crippen LogP contribution in [-0.4, -0.2) is 30.9 Å². The highest BCUT2D eigenvalue weighted by Crippen LogP contribution is 2.27. The number of hydrogen-bond donors (Lipinski definition) is 1. The summed E-state index contributed by atoms with van der Waals surface area (Å²) in [5, 5.41) is 2.57. The molecule has 23 heavy (non-hydrogen) atoms. The highest BCUT2D eigenvalue weighted by molar-refractivity contribution is 6.41. The lowest BCUT2D eigenvalue weighted by Crippen LogP contribution is -2.36. The van der Waals surface area contributed by atoms with E-state index in [1.165, 1.54) is 0 Å². The minimum Gasteiger partial charge on any atom is -0.496 e. The smallest absolute Gasteiger partial charge is 0.317 e. The van der Waals surface area contributed by atoms with Gasteiger partial charge in [-0.15, -0.1) is 0 Å². The van der Waals surface area contributed by atoms with Crippen LogP contribution in [0.15, 0.2) is 36.1 Å². The Morgan fingerprint density at radius 2 is 1.87 bits per heavy atom. The number of carbonyl (C=O) groups is 3. The van der Waals surface area contributed by atoms with Crippen molar-refractivity contribution in [3.05, 3.63) is 41.7 Å². The van der Waals surface area contributed by atoms with Crippen LogP contribution in [0.5, 0.6) is 0 Å². The first kappa shape index (κ1) is 16.7. The van der Waals surface area contributed by atoms with Crippen molar-refractivity contribution in [3.8, 4) is 0 Å². The normalized spacial score (nSPS) is 18.3. The van der Waals surface area contributed by atoms with E-state index in [-0.39, 0.29) is 13.0 Å². The number of carbonyl (C=O) groups excluding carboxylic acids is 3. The quantitative estimate of drug-likeness (QED) is 0.507. The van der Waals surface area contributed by atoms with Gasteiger partial charge in [-0.1, -0.05) is 30.3 Å². The number of hydrogen-bond acceptors (Lipinski definition) is 5. The molecular weight excluding hydrogens is 298 g/mol. The van der Waals surface area contributed by atoms with Gasteiger partial charge in [-0.05, 0) is 13.8 Å². The number of nitrogens with one attached hydrogen (secondary N) is 1. The van der Waals surface area contributed by atoms with Crippen LogP contribution < -0.4 is 5.32 Å². The van der Waals surface area contributed by atoms with Gasteiger partial charge in [0.2, 0.25) is 5.78 Å². The Morgan fingerprint density at radius 1 is 1.17 bits per heavy atom. The SMILES string of the molecule is CCOC(=O)C1CC(OCC)=C(c2ccccc2)NC(=O)C1=O. The van der Waals surface area contributed by atoms with Crippen molar-refractivity contribution < 1.29 is 23.9 Å². The van der Waals surface area contributed by atoms with E-state index in [1.54, 1.807) is 26.0 Å². The first-order valence-corrected chi connectivity index (χ1v) is 7.51. The van der Waals surface area contributed by atoms with E-state index in [2.05, 4.69) is 5.32 Å². The van der Waals surface area contributed by atoms with Crippen molar-refractivity contribution in [1.29, 1.82) is 0 Å². The lowest BCUT2D eigenvalue weighted by molar-refractivity contribution is -0.154. The summed E-state index contributed by atoms with van der Waals surface area (Å²) in [4.78, 5) is 36.3. The van der Waals surface area contributed by atoms with E-state index in [1.807, 2.05) is 18.2 Å². The maximum Gasteiger partial charge on any atom is 0.317 e. The van der Waals surface area contributed by atoms with Crippen LogP contribution in [0, 0.1) is 5.92 Å². The molecule has 0 bridgehead atoms. The third kappa shape index (κ3) is 3.77. The van der Waals surface area contributed by atoms with Crippen LogP contribution in [0.25, 0.3) is 5.70 Å². The summed E-state index contributed by atoms with van der Waals surface area (Å²) in [5.74, 6) is -3.14. The molecule has 6 heteroatoms. The third-order valence-corrected chi connectivity index (χ3v) is 3.40. The lowest BCUT2D eigenvalue weighted by atomic mass is 9.98. The number of esters is 1. The van der Waals surface area contributed by atoms with Gasteiger partial charge in [-0.2, -0.15) is 0 Å². The molecule has 0 aliphatic carbocycles. The maximum absolute atomic E-state index is 12.2. The van der Waals surface area contributed by atoms with Crippen molar-refractivity contribution in [2.45, 2.75) is 20.3 Å². The Morgan fingerprint density at radius 3 is 2.48 bits per heavy atom. The van der Waals surface area contributed by atoms with Crippen LogP contribution in [0.4, 0.5) is 0 Å². The Kier molecular flexibility index (Phi) is 5.51. The highest BCUT2D eigenvalue weighted by atomic mass is 16.5. The zero-order valence-electron chi connectivity index (χ0n) is 13.1. The second-order valence-corrected chi connectivity index (χ2v) is 4.92. The van der Waals surface area contributed by atoms with Gasteiger partial charge in [0.1, 0.15) is 11.7 Å². The van der Waals surface area contributed by atoms with Gasteiger partial charge in [0.25, 0.3) is 5.91 Å². The molecule has 1 aromatic carbocycles. The Balaban J connectivity index is 2.45. The van der Waals surface area contributed by atoms with E-state index in [0.717, 1.165) is 0 Å². The summed E-state index contributed by atoms with van der Waals surface area (Å²) in [5.41, 5.74) is 1.12. The van der Waals surface area contributed by atoms with Crippen molar-refractivity contribution in [2.24, 2.45) is 5.92 Å². The zero-order valence-corrected chi connectivity index (χ0v) is 13.1. The molecule has 0 radical (unpaired) electrons. The summed E-state index contributed by atoms with van der Waals surface area (Å²) in [6, 6.07) is 9.06. The molecule has 122 valence electrons. The van der Waals surface area contributed by atoms with Gasteiger partial charge in [0.05, 0.1) is 18.9 Å². The third-order valence-electron chi connectivity index (χ3n) is 3.40. The second kappa shape index (κ2) is 7.58. The van der Waals surface area contributed by atoms with Crippen LogP contribution in [0.3, 0.4) is 0 Å². The average Bonchev–Trinajstić information content (AvgIpc) is 2.68. The van der Waals surface area contributed by atoms with Gasteiger partial charge in [-0.3, -0.25) is 14.4 Å². The van der Waals surface area contributed by atoms with E-state index in [0.29, 0.717) is 23.6 Å². The molecule has 1 N–H and O–H groups in total. The molecule has 1 amide bonds. The van der Waals surface area contributed by atoms with Crippen molar-refractivity contribution in [1.82, 2.24) is 5.32 Å². The Hall–Kier alpha value is -2.63. The Labute approximate surface area is 134 Å². The van der Waals surface area contributed by atoms with Crippen LogP contribution in [0.2, 0.25) is 0 Å². The predicted octanol–water partition coefficient (Wildman–Crippen LogP) is 1.66. The van der Waals surface area contributed by atoms with Crippen LogP contribution in [0.1, 0.15) is 25.8 Å². The number of rotatable bonds is 5.